The van der Waals surface area contributed by atoms with Crippen LogP contribution in [0, 0.1) is 13.8 Å². The second-order valence-corrected chi connectivity index (χ2v) is 8.07. The van der Waals surface area contributed by atoms with Crippen LogP contribution >= 0.6 is 15.9 Å². The Hall–Kier alpha value is -1.81. The highest BCUT2D eigenvalue weighted by Gasteiger charge is 2.15. The lowest BCUT2D eigenvalue weighted by atomic mass is 9.84. The van der Waals surface area contributed by atoms with E-state index in [2.05, 4.69) is 33.4 Å². The second kappa shape index (κ2) is 8.72. The zero-order chi connectivity index (χ0) is 18.5. The normalized spacial score (nSPS) is 14.9. The van der Waals surface area contributed by atoms with Crippen molar-refractivity contribution in [2.75, 3.05) is 11.9 Å². The lowest BCUT2D eigenvalue weighted by molar-refractivity contribution is -0.118. The van der Waals surface area contributed by atoms with Crippen LogP contribution in [0.4, 0.5) is 5.69 Å². The Morgan fingerprint density at radius 1 is 1.08 bits per heavy atom. The van der Waals surface area contributed by atoms with Crippen LogP contribution in [0.5, 0.6) is 5.75 Å². The first-order valence-electron chi connectivity index (χ1n) is 9.32. The first-order valence-corrected chi connectivity index (χ1v) is 10.1. The quantitative estimate of drug-likeness (QED) is 0.637. The summed E-state index contributed by atoms with van der Waals surface area (Å²) in [5.41, 5.74) is 4.31. The minimum absolute atomic E-state index is 0.0116. The first-order chi connectivity index (χ1) is 12.5. The molecule has 26 heavy (non-hydrogen) atoms. The molecular weight excluding hydrogens is 390 g/mol. The summed E-state index contributed by atoms with van der Waals surface area (Å²) in [7, 11) is 0. The van der Waals surface area contributed by atoms with Crippen molar-refractivity contribution < 1.29 is 9.53 Å². The van der Waals surface area contributed by atoms with Crippen molar-refractivity contribution in [3.8, 4) is 5.75 Å². The molecule has 0 spiro atoms. The molecule has 4 heteroatoms. The van der Waals surface area contributed by atoms with Crippen molar-refractivity contribution in [1.29, 1.82) is 0 Å². The molecule has 2 aromatic rings. The van der Waals surface area contributed by atoms with Gasteiger partial charge in [-0.2, -0.15) is 0 Å². The number of benzene rings is 2. The van der Waals surface area contributed by atoms with Crippen molar-refractivity contribution >= 4 is 27.5 Å². The van der Waals surface area contributed by atoms with Crippen molar-refractivity contribution in [2.24, 2.45) is 0 Å². The van der Waals surface area contributed by atoms with Gasteiger partial charge in [0, 0.05) is 10.2 Å². The molecule has 1 fully saturated rings. The van der Waals surface area contributed by atoms with E-state index in [4.69, 9.17) is 4.74 Å². The van der Waals surface area contributed by atoms with Gasteiger partial charge in [-0.05, 0) is 73.6 Å². The summed E-state index contributed by atoms with van der Waals surface area (Å²) in [5, 5.41) is 2.95. The lowest BCUT2D eigenvalue weighted by Gasteiger charge is -2.22. The fraction of sp³-hybridized carbons (Fsp3) is 0.409. The molecule has 0 atom stereocenters. The van der Waals surface area contributed by atoms with Crippen LogP contribution in [-0.4, -0.2) is 12.5 Å². The number of hydrogen-bond acceptors (Lipinski definition) is 2. The third-order valence-electron chi connectivity index (χ3n) is 5.09. The molecule has 1 saturated carbocycles. The molecule has 1 amide bonds. The van der Waals surface area contributed by atoms with Crippen molar-refractivity contribution in [1.82, 2.24) is 0 Å². The standard InChI is InChI=1S/C22H26BrNO2/c1-15-12-19(23)13-16(2)22(15)24-21(25)14-26-20-10-8-18(9-11-20)17-6-4-3-5-7-17/h8-13,17H,3-7,14H2,1-2H3,(H,24,25). The number of aryl methyl sites for hydroxylation is 2. The monoisotopic (exact) mass is 415 g/mol. The molecule has 0 saturated heterocycles. The number of carbonyl (C=O) groups excluding carboxylic acids is 1. The summed E-state index contributed by atoms with van der Waals surface area (Å²) in [6.45, 7) is 3.98. The van der Waals surface area contributed by atoms with E-state index in [1.54, 1.807) is 0 Å². The van der Waals surface area contributed by atoms with Gasteiger partial charge in [-0.1, -0.05) is 47.3 Å². The zero-order valence-electron chi connectivity index (χ0n) is 15.5. The van der Waals surface area contributed by atoms with E-state index in [0.717, 1.165) is 27.0 Å². The van der Waals surface area contributed by atoms with Crippen molar-refractivity contribution in [3.63, 3.8) is 0 Å². The molecule has 1 N–H and O–H groups in total. The molecule has 0 unspecified atom stereocenters. The van der Waals surface area contributed by atoms with Gasteiger partial charge in [-0.25, -0.2) is 0 Å². The summed E-state index contributed by atoms with van der Waals surface area (Å²) < 4.78 is 6.68. The van der Waals surface area contributed by atoms with Gasteiger partial charge in [-0.3, -0.25) is 4.79 Å². The molecule has 0 aromatic heterocycles. The molecule has 3 rings (SSSR count). The number of nitrogens with one attached hydrogen (secondary N) is 1. The Bertz CT molecular complexity index is 741. The summed E-state index contributed by atoms with van der Waals surface area (Å²) in [6, 6.07) is 12.2. The van der Waals surface area contributed by atoms with E-state index in [1.165, 1.54) is 37.7 Å². The lowest BCUT2D eigenvalue weighted by Crippen LogP contribution is -2.21. The average Bonchev–Trinajstić information content (AvgIpc) is 2.64. The first kappa shape index (κ1) is 19.0. The molecule has 2 aromatic carbocycles. The number of amides is 1. The molecule has 1 aliphatic carbocycles. The van der Waals surface area contributed by atoms with Crippen LogP contribution in [-0.2, 0) is 4.79 Å². The predicted molar refractivity (Wildman–Crippen MR) is 110 cm³/mol. The summed E-state index contributed by atoms with van der Waals surface area (Å²) in [4.78, 5) is 12.2. The fourth-order valence-corrected chi connectivity index (χ4v) is 4.39. The van der Waals surface area contributed by atoms with Gasteiger partial charge in [0.2, 0.25) is 0 Å². The van der Waals surface area contributed by atoms with Gasteiger partial charge in [0.1, 0.15) is 5.75 Å². The highest BCUT2D eigenvalue weighted by Crippen LogP contribution is 2.33. The molecule has 0 aliphatic heterocycles. The second-order valence-electron chi connectivity index (χ2n) is 7.16. The minimum atomic E-state index is -0.144. The van der Waals surface area contributed by atoms with Crippen LogP contribution < -0.4 is 10.1 Å². The van der Waals surface area contributed by atoms with E-state index >= 15 is 0 Å². The van der Waals surface area contributed by atoms with Gasteiger partial charge in [0.05, 0.1) is 0 Å². The number of ether oxygens (including phenoxy) is 1. The molecule has 0 bridgehead atoms. The maximum Gasteiger partial charge on any atom is 0.262 e. The minimum Gasteiger partial charge on any atom is -0.484 e. The van der Waals surface area contributed by atoms with Crippen LogP contribution in [0.3, 0.4) is 0 Å². The van der Waals surface area contributed by atoms with Crippen molar-refractivity contribution in [3.05, 3.63) is 57.6 Å². The number of rotatable bonds is 5. The Morgan fingerprint density at radius 2 is 1.69 bits per heavy atom. The van der Waals surface area contributed by atoms with E-state index < -0.39 is 0 Å². The van der Waals surface area contributed by atoms with Gasteiger partial charge < -0.3 is 10.1 Å². The highest BCUT2D eigenvalue weighted by molar-refractivity contribution is 9.10. The Balaban J connectivity index is 1.54. The Kier molecular flexibility index (Phi) is 6.36. The topological polar surface area (TPSA) is 38.3 Å². The summed E-state index contributed by atoms with van der Waals surface area (Å²) in [5.74, 6) is 1.28. The maximum absolute atomic E-state index is 12.2. The Labute approximate surface area is 164 Å². The van der Waals surface area contributed by atoms with Gasteiger partial charge in [0.15, 0.2) is 6.61 Å². The van der Waals surface area contributed by atoms with Gasteiger partial charge in [0.25, 0.3) is 5.91 Å². The average molecular weight is 416 g/mol. The SMILES string of the molecule is Cc1cc(Br)cc(C)c1NC(=O)COc1ccc(C2CCCCC2)cc1. The van der Waals surface area contributed by atoms with Crippen LogP contribution in [0.25, 0.3) is 0 Å². The number of hydrogen-bond donors (Lipinski definition) is 1. The smallest absolute Gasteiger partial charge is 0.262 e. The van der Waals surface area contributed by atoms with Crippen molar-refractivity contribution in [2.45, 2.75) is 51.9 Å². The molecule has 138 valence electrons. The van der Waals surface area contributed by atoms with E-state index in [0.29, 0.717) is 5.92 Å². The molecular formula is C22H26BrNO2. The maximum atomic E-state index is 12.2. The Morgan fingerprint density at radius 3 is 2.31 bits per heavy atom. The van der Waals surface area contributed by atoms with Gasteiger partial charge in [-0.15, -0.1) is 0 Å². The third kappa shape index (κ3) is 4.88. The van der Waals surface area contributed by atoms with Crippen LogP contribution in [0.1, 0.15) is 54.7 Å². The highest BCUT2D eigenvalue weighted by atomic mass is 79.9. The van der Waals surface area contributed by atoms with E-state index in [-0.39, 0.29) is 12.5 Å². The van der Waals surface area contributed by atoms with Gasteiger partial charge >= 0.3 is 0 Å². The number of anilines is 1. The molecule has 0 radical (unpaired) electrons. The number of carbonyl (C=O) groups is 1. The third-order valence-corrected chi connectivity index (χ3v) is 5.55. The van der Waals surface area contributed by atoms with E-state index in [1.807, 2.05) is 38.1 Å². The molecule has 0 heterocycles. The molecule has 3 nitrogen and oxygen atoms in total. The number of halogens is 1. The summed E-state index contributed by atoms with van der Waals surface area (Å²) >= 11 is 3.47. The molecule has 1 aliphatic rings. The summed E-state index contributed by atoms with van der Waals surface area (Å²) in [6.07, 6.45) is 6.60. The largest absolute Gasteiger partial charge is 0.484 e. The van der Waals surface area contributed by atoms with E-state index in [9.17, 15) is 4.79 Å². The fourth-order valence-electron chi connectivity index (χ4n) is 3.70. The zero-order valence-corrected chi connectivity index (χ0v) is 17.1. The predicted octanol–water partition coefficient (Wildman–Crippen LogP) is 6.13. The van der Waals surface area contributed by atoms with Crippen LogP contribution in [0.15, 0.2) is 40.9 Å². The van der Waals surface area contributed by atoms with Crippen LogP contribution in [0.2, 0.25) is 0 Å².